The molecular formula is C13H22N2O2S. The van der Waals surface area contributed by atoms with E-state index in [4.69, 9.17) is 5.73 Å². The first-order chi connectivity index (χ1) is 8.36. The normalized spacial score (nSPS) is 12.1. The van der Waals surface area contributed by atoms with Gasteiger partial charge in [0.2, 0.25) is 10.0 Å². The molecule has 1 aromatic carbocycles. The number of sulfonamides is 1. The second-order valence-corrected chi connectivity index (χ2v) is 6.64. The SMILES string of the molecule is Cc1cc(S(=O)(=O)NCCC(C)C)ccc1CN. The molecule has 0 saturated heterocycles. The predicted octanol–water partition coefficient (Wildman–Crippen LogP) is 1.78. The van der Waals surface area contributed by atoms with E-state index in [1.165, 1.54) is 0 Å². The summed E-state index contributed by atoms with van der Waals surface area (Å²) in [6.45, 7) is 6.89. The smallest absolute Gasteiger partial charge is 0.240 e. The number of nitrogens with two attached hydrogens (primary N) is 1. The monoisotopic (exact) mass is 270 g/mol. The Hall–Kier alpha value is -0.910. The summed E-state index contributed by atoms with van der Waals surface area (Å²) in [4.78, 5) is 0.306. The van der Waals surface area contributed by atoms with Gasteiger partial charge in [-0.05, 0) is 42.5 Å². The van der Waals surface area contributed by atoms with E-state index in [9.17, 15) is 8.42 Å². The van der Waals surface area contributed by atoms with Crippen molar-refractivity contribution in [2.45, 2.75) is 38.6 Å². The first kappa shape index (κ1) is 15.1. The van der Waals surface area contributed by atoms with Gasteiger partial charge >= 0.3 is 0 Å². The van der Waals surface area contributed by atoms with Crippen LogP contribution in [-0.2, 0) is 16.6 Å². The first-order valence-electron chi connectivity index (χ1n) is 6.16. The lowest BCUT2D eigenvalue weighted by molar-refractivity contribution is 0.551. The second kappa shape index (κ2) is 6.31. The maximum Gasteiger partial charge on any atom is 0.240 e. The number of benzene rings is 1. The third-order valence-corrected chi connectivity index (χ3v) is 4.32. The van der Waals surface area contributed by atoms with E-state index >= 15 is 0 Å². The van der Waals surface area contributed by atoms with Crippen LogP contribution in [0.3, 0.4) is 0 Å². The molecular weight excluding hydrogens is 248 g/mol. The van der Waals surface area contributed by atoms with Gasteiger partial charge in [0.25, 0.3) is 0 Å². The van der Waals surface area contributed by atoms with Crippen molar-refractivity contribution in [1.29, 1.82) is 0 Å². The molecule has 0 heterocycles. The number of aryl methyl sites for hydroxylation is 1. The average Bonchev–Trinajstić information content (AvgIpc) is 2.28. The number of nitrogens with one attached hydrogen (secondary N) is 1. The van der Waals surface area contributed by atoms with Gasteiger partial charge in [-0.25, -0.2) is 13.1 Å². The summed E-state index contributed by atoms with van der Waals surface area (Å²) in [6.07, 6.45) is 0.832. The van der Waals surface area contributed by atoms with E-state index in [0.29, 0.717) is 23.9 Å². The lowest BCUT2D eigenvalue weighted by atomic mass is 10.1. The molecule has 4 nitrogen and oxygen atoms in total. The van der Waals surface area contributed by atoms with Crippen LogP contribution in [0.15, 0.2) is 23.1 Å². The summed E-state index contributed by atoms with van der Waals surface area (Å²) >= 11 is 0. The molecule has 3 N–H and O–H groups in total. The molecule has 18 heavy (non-hydrogen) atoms. The molecule has 0 fully saturated rings. The van der Waals surface area contributed by atoms with Crippen LogP contribution in [0, 0.1) is 12.8 Å². The van der Waals surface area contributed by atoms with Crippen molar-refractivity contribution in [2.24, 2.45) is 11.7 Å². The molecule has 5 heteroatoms. The van der Waals surface area contributed by atoms with Gasteiger partial charge in [-0.3, -0.25) is 0 Å². The maximum atomic E-state index is 12.0. The zero-order chi connectivity index (χ0) is 13.8. The van der Waals surface area contributed by atoms with E-state index < -0.39 is 10.0 Å². The second-order valence-electron chi connectivity index (χ2n) is 4.87. The highest BCUT2D eigenvalue weighted by atomic mass is 32.2. The van der Waals surface area contributed by atoms with Gasteiger partial charge in [0.1, 0.15) is 0 Å². The van der Waals surface area contributed by atoms with E-state index in [0.717, 1.165) is 17.5 Å². The fourth-order valence-corrected chi connectivity index (χ4v) is 2.76. The van der Waals surface area contributed by atoms with Crippen LogP contribution in [0.5, 0.6) is 0 Å². The molecule has 1 aromatic rings. The highest BCUT2D eigenvalue weighted by Crippen LogP contribution is 2.15. The van der Waals surface area contributed by atoms with Crippen molar-refractivity contribution < 1.29 is 8.42 Å². The standard InChI is InChI=1S/C13H22N2O2S/c1-10(2)6-7-15-18(16,17)13-5-4-12(9-14)11(3)8-13/h4-5,8,10,15H,6-7,9,14H2,1-3H3. The number of hydrogen-bond donors (Lipinski definition) is 2. The molecule has 0 unspecified atom stereocenters. The van der Waals surface area contributed by atoms with E-state index in [-0.39, 0.29) is 0 Å². The molecule has 102 valence electrons. The number of rotatable bonds is 6. The average molecular weight is 270 g/mol. The minimum atomic E-state index is -3.39. The van der Waals surface area contributed by atoms with E-state index in [2.05, 4.69) is 18.6 Å². The van der Waals surface area contributed by atoms with Gasteiger partial charge < -0.3 is 5.73 Å². The fourth-order valence-electron chi connectivity index (χ4n) is 1.63. The summed E-state index contributed by atoms with van der Waals surface area (Å²) in [5.74, 6) is 0.481. The Morgan fingerprint density at radius 1 is 1.33 bits per heavy atom. The van der Waals surface area contributed by atoms with Crippen LogP contribution in [-0.4, -0.2) is 15.0 Å². The van der Waals surface area contributed by atoms with Crippen LogP contribution in [0.1, 0.15) is 31.4 Å². The molecule has 0 amide bonds. The van der Waals surface area contributed by atoms with Gasteiger partial charge in [-0.15, -0.1) is 0 Å². The highest BCUT2D eigenvalue weighted by Gasteiger charge is 2.14. The van der Waals surface area contributed by atoms with Gasteiger partial charge in [-0.2, -0.15) is 0 Å². The van der Waals surface area contributed by atoms with Crippen LogP contribution >= 0.6 is 0 Å². The molecule has 0 aliphatic heterocycles. The molecule has 0 aromatic heterocycles. The van der Waals surface area contributed by atoms with Crippen molar-refractivity contribution in [3.8, 4) is 0 Å². The highest BCUT2D eigenvalue weighted by molar-refractivity contribution is 7.89. The van der Waals surface area contributed by atoms with E-state index in [1.807, 2.05) is 6.92 Å². The fraction of sp³-hybridized carbons (Fsp3) is 0.538. The van der Waals surface area contributed by atoms with Crippen LogP contribution in [0.2, 0.25) is 0 Å². The van der Waals surface area contributed by atoms with Crippen LogP contribution in [0.4, 0.5) is 0 Å². The van der Waals surface area contributed by atoms with Crippen molar-refractivity contribution in [3.05, 3.63) is 29.3 Å². The third-order valence-electron chi connectivity index (χ3n) is 2.86. The van der Waals surface area contributed by atoms with Crippen molar-refractivity contribution in [2.75, 3.05) is 6.54 Å². The third kappa shape index (κ3) is 4.08. The quantitative estimate of drug-likeness (QED) is 0.827. The Bertz CT molecular complexity index is 496. The molecule has 0 radical (unpaired) electrons. The summed E-state index contributed by atoms with van der Waals surface area (Å²) in [5, 5.41) is 0. The summed E-state index contributed by atoms with van der Waals surface area (Å²) < 4.78 is 26.7. The topological polar surface area (TPSA) is 72.2 Å². The zero-order valence-corrected chi connectivity index (χ0v) is 12.0. The van der Waals surface area contributed by atoms with Gasteiger partial charge in [0, 0.05) is 13.1 Å². The molecule has 0 atom stereocenters. The summed E-state index contributed by atoms with van der Waals surface area (Å²) in [6, 6.07) is 5.04. The van der Waals surface area contributed by atoms with Crippen LogP contribution in [0.25, 0.3) is 0 Å². The Kier molecular flexibility index (Phi) is 5.31. The molecule has 0 aliphatic carbocycles. The minimum absolute atomic E-state index is 0.306. The molecule has 0 saturated carbocycles. The Balaban J connectivity index is 2.82. The number of hydrogen-bond acceptors (Lipinski definition) is 3. The summed E-state index contributed by atoms with van der Waals surface area (Å²) in [5.41, 5.74) is 7.43. The minimum Gasteiger partial charge on any atom is -0.326 e. The van der Waals surface area contributed by atoms with Gasteiger partial charge in [0.15, 0.2) is 0 Å². The Morgan fingerprint density at radius 3 is 2.50 bits per heavy atom. The molecule has 0 spiro atoms. The first-order valence-corrected chi connectivity index (χ1v) is 7.64. The van der Waals surface area contributed by atoms with Gasteiger partial charge in [-0.1, -0.05) is 19.9 Å². The largest absolute Gasteiger partial charge is 0.326 e. The molecule has 0 aliphatic rings. The van der Waals surface area contributed by atoms with Crippen molar-refractivity contribution in [3.63, 3.8) is 0 Å². The predicted molar refractivity (Wildman–Crippen MR) is 73.7 cm³/mol. The Morgan fingerprint density at radius 2 is 2.00 bits per heavy atom. The zero-order valence-electron chi connectivity index (χ0n) is 11.2. The van der Waals surface area contributed by atoms with Gasteiger partial charge in [0.05, 0.1) is 4.90 Å². The Labute approximate surface area is 110 Å². The van der Waals surface area contributed by atoms with Crippen molar-refractivity contribution in [1.82, 2.24) is 4.72 Å². The van der Waals surface area contributed by atoms with Crippen molar-refractivity contribution >= 4 is 10.0 Å². The van der Waals surface area contributed by atoms with Crippen LogP contribution < -0.4 is 10.5 Å². The molecule has 0 bridgehead atoms. The molecule has 1 rings (SSSR count). The lowest BCUT2D eigenvalue weighted by Gasteiger charge is -2.10. The lowest BCUT2D eigenvalue weighted by Crippen LogP contribution is -2.25. The van der Waals surface area contributed by atoms with E-state index in [1.54, 1.807) is 18.2 Å². The maximum absolute atomic E-state index is 12.0. The summed E-state index contributed by atoms with van der Waals surface area (Å²) in [7, 11) is -3.39.